The van der Waals surface area contributed by atoms with E-state index in [1.165, 1.54) is 11.8 Å². The van der Waals surface area contributed by atoms with Gasteiger partial charge in [0.2, 0.25) is 11.8 Å². The number of amides is 2. The summed E-state index contributed by atoms with van der Waals surface area (Å²) in [5, 5.41) is 3.25. The van der Waals surface area contributed by atoms with Gasteiger partial charge in [0.15, 0.2) is 5.17 Å². The minimum Gasteiger partial charge on any atom is -0.326 e. The first-order valence-electron chi connectivity index (χ1n) is 10.5. The average Bonchev–Trinajstić information content (AvgIpc) is 3.34. The fourth-order valence-electron chi connectivity index (χ4n) is 4.07. The van der Waals surface area contributed by atoms with Crippen molar-refractivity contribution in [2.45, 2.75) is 57.2 Å². The summed E-state index contributed by atoms with van der Waals surface area (Å²) < 4.78 is 0. The third-order valence-electron chi connectivity index (χ3n) is 5.78. The molecule has 4 rings (SSSR count). The van der Waals surface area contributed by atoms with Crippen molar-refractivity contribution in [3.63, 3.8) is 0 Å². The number of hydrogen-bond acceptors (Lipinski definition) is 4. The molecule has 1 aliphatic heterocycles. The van der Waals surface area contributed by atoms with Gasteiger partial charge in [-0.1, -0.05) is 61.0 Å². The molecular weight excluding hydrogens is 394 g/mol. The Bertz CT molecular complexity index is 982. The molecular formula is C24H27N3O2S. The van der Waals surface area contributed by atoms with Gasteiger partial charge in [-0.2, -0.15) is 0 Å². The van der Waals surface area contributed by atoms with Crippen molar-refractivity contribution in [2.75, 3.05) is 5.32 Å². The van der Waals surface area contributed by atoms with Crippen molar-refractivity contribution in [2.24, 2.45) is 4.99 Å². The summed E-state index contributed by atoms with van der Waals surface area (Å²) in [6.07, 6.45) is 4.42. The first-order valence-corrected chi connectivity index (χ1v) is 11.4. The molecule has 2 aromatic rings. The Balaban J connectivity index is 1.54. The van der Waals surface area contributed by atoms with Gasteiger partial charge in [0, 0.05) is 18.2 Å². The molecule has 30 heavy (non-hydrogen) atoms. The summed E-state index contributed by atoms with van der Waals surface area (Å²) in [4.78, 5) is 32.7. The van der Waals surface area contributed by atoms with Crippen LogP contribution in [-0.2, 0) is 9.59 Å². The van der Waals surface area contributed by atoms with Gasteiger partial charge in [0.05, 0.1) is 5.69 Å². The molecule has 6 heteroatoms. The number of nitrogens with zero attached hydrogens (tertiary/aromatic N) is 2. The van der Waals surface area contributed by atoms with Crippen LogP contribution in [0.3, 0.4) is 0 Å². The van der Waals surface area contributed by atoms with Gasteiger partial charge in [-0.25, -0.2) is 4.99 Å². The van der Waals surface area contributed by atoms with Gasteiger partial charge in [-0.05, 0) is 49.9 Å². The van der Waals surface area contributed by atoms with Crippen LogP contribution in [0.25, 0.3) is 0 Å². The van der Waals surface area contributed by atoms with E-state index in [-0.39, 0.29) is 24.3 Å². The van der Waals surface area contributed by atoms with Crippen LogP contribution in [0.1, 0.15) is 43.2 Å². The van der Waals surface area contributed by atoms with Crippen molar-refractivity contribution < 1.29 is 9.59 Å². The van der Waals surface area contributed by atoms with Crippen LogP contribution in [0.4, 0.5) is 11.4 Å². The predicted molar refractivity (Wildman–Crippen MR) is 123 cm³/mol. The van der Waals surface area contributed by atoms with E-state index < -0.39 is 5.25 Å². The predicted octanol–water partition coefficient (Wildman–Crippen LogP) is 5.21. The number of thioether (sulfide) groups is 1. The Hall–Kier alpha value is -2.60. The Kier molecular flexibility index (Phi) is 6.23. The summed E-state index contributed by atoms with van der Waals surface area (Å²) in [5.74, 6) is -0.127. The fraction of sp³-hybridized carbons (Fsp3) is 0.375. The topological polar surface area (TPSA) is 61.8 Å². The number of aryl methyl sites for hydroxylation is 2. The van der Waals surface area contributed by atoms with Crippen LogP contribution < -0.4 is 5.32 Å². The largest absolute Gasteiger partial charge is 0.326 e. The maximum Gasteiger partial charge on any atom is 0.242 e. The lowest BCUT2D eigenvalue weighted by Crippen LogP contribution is -2.40. The summed E-state index contributed by atoms with van der Waals surface area (Å²) in [6.45, 7) is 3.98. The Morgan fingerprint density at radius 2 is 1.73 bits per heavy atom. The van der Waals surface area contributed by atoms with Crippen LogP contribution in [0.2, 0.25) is 0 Å². The summed E-state index contributed by atoms with van der Waals surface area (Å²) >= 11 is 1.43. The van der Waals surface area contributed by atoms with Crippen LogP contribution in [0.5, 0.6) is 0 Å². The molecule has 0 spiro atoms. The maximum atomic E-state index is 13.3. The van der Waals surface area contributed by atoms with Crippen molar-refractivity contribution in [3.05, 3.63) is 59.7 Å². The zero-order valence-corrected chi connectivity index (χ0v) is 18.2. The molecule has 1 heterocycles. The Labute approximate surface area is 182 Å². The third-order valence-corrected chi connectivity index (χ3v) is 6.93. The number of carbonyl (C=O) groups excluding carboxylic acids is 2. The highest BCUT2D eigenvalue weighted by molar-refractivity contribution is 8.15. The van der Waals surface area contributed by atoms with E-state index in [0.29, 0.717) is 0 Å². The number of aliphatic imine (C=N–C) groups is 1. The normalized spacial score (nSPS) is 20.9. The molecule has 1 atom stereocenters. The van der Waals surface area contributed by atoms with E-state index in [9.17, 15) is 9.59 Å². The monoisotopic (exact) mass is 421 g/mol. The molecule has 1 aliphatic carbocycles. The number of para-hydroxylation sites is 2. The van der Waals surface area contributed by atoms with Gasteiger partial charge in [0.25, 0.3) is 0 Å². The van der Waals surface area contributed by atoms with Crippen LogP contribution in [0, 0.1) is 13.8 Å². The molecule has 0 aromatic heterocycles. The number of benzene rings is 2. The molecule has 0 unspecified atom stereocenters. The van der Waals surface area contributed by atoms with Gasteiger partial charge >= 0.3 is 0 Å². The van der Waals surface area contributed by atoms with Gasteiger partial charge in [-0.3, -0.25) is 14.5 Å². The van der Waals surface area contributed by atoms with Gasteiger partial charge in [-0.15, -0.1) is 0 Å². The summed E-state index contributed by atoms with van der Waals surface area (Å²) in [6, 6.07) is 15.8. The first kappa shape index (κ1) is 20.7. The molecule has 156 valence electrons. The molecule has 0 radical (unpaired) electrons. The standard InChI is InChI=1S/C24H27N3O2S/c1-16-9-3-7-13-19(16)25-22(28)15-21-23(29)27(18-11-5-6-12-18)24(30-21)26-20-14-8-4-10-17(20)2/h3-4,7-10,13-14,18,21H,5-6,11-12,15H2,1-2H3,(H,25,28)/t21-/m1/s1. The number of anilines is 1. The summed E-state index contributed by atoms with van der Waals surface area (Å²) in [7, 11) is 0. The number of carbonyl (C=O) groups is 2. The second-order valence-corrected chi connectivity index (χ2v) is 9.17. The second kappa shape index (κ2) is 9.04. The smallest absolute Gasteiger partial charge is 0.242 e. The van der Waals surface area contributed by atoms with E-state index in [2.05, 4.69) is 5.32 Å². The van der Waals surface area contributed by atoms with Crippen molar-refractivity contribution in [1.82, 2.24) is 4.90 Å². The molecule has 1 N–H and O–H groups in total. The number of amidine groups is 1. The SMILES string of the molecule is Cc1ccccc1N=C1S[C@H](CC(=O)Nc2ccccc2C)C(=O)N1C1CCCC1. The molecule has 2 aromatic carbocycles. The van der Waals surface area contributed by atoms with E-state index in [4.69, 9.17) is 4.99 Å². The maximum absolute atomic E-state index is 13.3. The van der Waals surface area contributed by atoms with Gasteiger partial charge in [0.1, 0.15) is 5.25 Å². The molecule has 2 amide bonds. The highest BCUT2D eigenvalue weighted by Gasteiger charge is 2.43. The Morgan fingerprint density at radius 1 is 1.07 bits per heavy atom. The van der Waals surface area contributed by atoms with Crippen LogP contribution in [0.15, 0.2) is 53.5 Å². The minimum atomic E-state index is -0.433. The molecule has 0 bridgehead atoms. The van der Waals surface area contributed by atoms with E-state index in [1.807, 2.05) is 67.3 Å². The molecule has 1 saturated carbocycles. The van der Waals surface area contributed by atoms with Crippen molar-refractivity contribution >= 4 is 40.1 Å². The molecule has 2 fully saturated rings. The van der Waals surface area contributed by atoms with E-state index in [0.717, 1.165) is 53.4 Å². The zero-order chi connectivity index (χ0) is 21.1. The Morgan fingerprint density at radius 3 is 2.43 bits per heavy atom. The average molecular weight is 422 g/mol. The zero-order valence-electron chi connectivity index (χ0n) is 17.4. The van der Waals surface area contributed by atoms with E-state index >= 15 is 0 Å². The first-order chi connectivity index (χ1) is 14.5. The lowest BCUT2D eigenvalue weighted by atomic mass is 10.1. The van der Waals surface area contributed by atoms with E-state index in [1.54, 1.807) is 0 Å². The summed E-state index contributed by atoms with van der Waals surface area (Å²) in [5.41, 5.74) is 3.75. The quantitative estimate of drug-likeness (QED) is 0.721. The van der Waals surface area contributed by atoms with Crippen molar-refractivity contribution in [1.29, 1.82) is 0 Å². The lowest BCUT2D eigenvalue weighted by molar-refractivity contribution is -0.129. The lowest BCUT2D eigenvalue weighted by Gasteiger charge is -2.23. The second-order valence-electron chi connectivity index (χ2n) is 8.00. The van der Waals surface area contributed by atoms with Crippen molar-refractivity contribution in [3.8, 4) is 0 Å². The van der Waals surface area contributed by atoms with Gasteiger partial charge < -0.3 is 5.32 Å². The number of rotatable bonds is 5. The highest BCUT2D eigenvalue weighted by atomic mass is 32.2. The van der Waals surface area contributed by atoms with Crippen LogP contribution >= 0.6 is 11.8 Å². The fourth-order valence-corrected chi connectivity index (χ4v) is 5.27. The molecule has 2 aliphatic rings. The number of hydrogen-bond donors (Lipinski definition) is 1. The third kappa shape index (κ3) is 4.43. The number of nitrogens with one attached hydrogen (secondary N) is 1. The molecule has 1 saturated heterocycles. The van der Waals surface area contributed by atoms with Crippen LogP contribution in [-0.4, -0.2) is 33.2 Å². The minimum absolute atomic E-state index is 0.0131. The highest BCUT2D eigenvalue weighted by Crippen LogP contribution is 2.37. The molecule has 5 nitrogen and oxygen atoms in total.